The molecule has 142 valence electrons. The number of hydrogen-bond acceptors (Lipinski definition) is 5. The Balaban J connectivity index is 1.42. The zero-order chi connectivity index (χ0) is 19.7. The summed E-state index contributed by atoms with van der Waals surface area (Å²) in [7, 11) is 3.68. The first kappa shape index (κ1) is 18.4. The average molecular weight is 392 g/mol. The third-order valence-corrected chi connectivity index (χ3v) is 5.96. The molecule has 0 unspecified atom stereocenters. The Kier molecular flexibility index (Phi) is 5.00. The number of rotatable bonds is 6. The lowest BCUT2D eigenvalue weighted by atomic mass is 10.1. The first-order valence-corrected chi connectivity index (χ1v) is 9.99. The number of thioether (sulfide) groups is 1. The first-order valence-electron chi connectivity index (χ1n) is 9.00. The summed E-state index contributed by atoms with van der Waals surface area (Å²) >= 11 is 1.38. The maximum atomic E-state index is 12.6. The maximum Gasteiger partial charge on any atom is 0.231 e. The van der Waals surface area contributed by atoms with Crippen LogP contribution in [0.15, 0.2) is 53.7 Å². The van der Waals surface area contributed by atoms with E-state index in [0.29, 0.717) is 18.4 Å². The fourth-order valence-corrected chi connectivity index (χ4v) is 4.08. The summed E-state index contributed by atoms with van der Waals surface area (Å²) in [6.07, 6.45) is 1.05. The lowest BCUT2D eigenvalue weighted by Crippen LogP contribution is -2.20. The molecule has 0 bridgehead atoms. The van der Waals surface area contributed by atoms with Crippen LogP contribution in [0.1, 0.15) is 27.3 Å². The van der Waals surface area contributed by atoms with E-state index in [4.69, 9.17) is 0 Å². The number of anilines is 1. The van der Waals surface area contributed by atoms with Crippen molar-refractivity contribution in [2.24, 2.45) is 7.05 Å². The summed E-state index contributed by atoms with van der Waals surface area (Å²) in [6.45, 7) is 0. The minimum atomic E-state index is 0.0161. The SMILES string of the molecule is CN1C(=O)Cc2cc(C(=O)CSc3nnc(Cc4ccccc4)n3C)ccc21. The van der Waals surface area contributed by atoms with Gasteiger partial charge in [0.25, 0.3) is 0 Å². The number of carbonyl (C=O) groups excluding carboxylic acids is 2. The Morgan fingerprint density at radius 3 is 2.68 bits per heavy atom. The summed E-state index contributed by atoms with van der Waals surface area (Å²) in [5, 5.41) is 9.21. The Labute approximate surface area is 167 Å². The zero-order valence-corrected chi connectivity index (χ0v) is 16.6. The first-order chi connectivity index (χ1) is 13.5. The molecule has 0 atom stereocenters. The van der Waals surface area contributed by atoms with Crippen molar-refractivity contribution in [3.63, 3.8) is 0 Å². The van der Waals surface area contributed by atoms with Crippen molar-refractivity contribution in [3.05, 3.63) is 71.0 Å². The summed E-state index contributed by atoms with van der Waals surface area (Å²) in [5.41, 5.74) is 3.59. The molecule has 0 N–H and O–H groups in total. The van der Waals surface area contributed by atoms with Gasteiger partial charge in [-0.2, -0.15) is 0 Å². The molecular weight excluding hydrogens is 372 g/mol. The van der Waals surface area contributed by atoms with Crippen molar-refractivity contribution in [3.8, 4) is 0 Å². The molecule has 1 aliphatic rings. The number of aromatic nitrogens is 3. The summed E-state index contributed by atoms with van der Waals surface area (Å²) in [4.78, 5) is 26.1. The van der Waals surface area contributed by atoms with E-state index in [1.54, 1.807) is 18.0 Å². The van der Waals surface area contributed by atoms with E-state index in [1.165, 1.54) is 17.3 Å². The second-order valence-corrected chi connectivity index (χ2v) is 7.75. The van der Waals surface area contributed by atoms with Crippen molar-refractivity contribution >= 4 is 29.1 Å². The largest absolute Gasteiger partial charge is 0.315 e. The highest BCUT2D eigenvalue weighted by Gasteiger charge is 2.24. The van der Waals surface area contributed by atoms with E-state index in [1.807, 2.05) is 41.9 Å². The molecule has 2 heterocycles. The third kappa shape index (κ3) is 3.57. The predicted octanol–water partition coefficient (Wildman–Crippen LogP) is 2.90. The fourth-order valence-electron chi connectivity index (χ4n) is 3.26. The van der Waals surface area contributed by atoms with E-state index < -0.39 is 0 Å². The number of Topliss-reactive ketones (excluding diaryl/α,β-unsaturated/α-hetero) is 1. The Hall–Kier alpha value is -2.93. The van der Waals surface area contributed by atoms with Crippen molar-refractivity contribution in [2.45, 2.75) is 18.0 Å². The van der Waals surface area contributed by atoms with Gasteiger partial charge in [0, 0.05) is 31.8 Å². The van der Waals surface area contributed by atoms with Crippen LogP contribution in [-0.4, -0.2) is 39.3 Å². The fraction of sp³-hybridized carbons (Fsp3) is 0.238. The van der Waals surface area contributed by atoms with Gasteiger partial charge in [-0.25, -0.2) is 0 Å². The number of ketones is 1. The standard InChI is InChI=1S/C21H20N4O2S/c1-24-17-9-8-15(11-16(17)12-20(24)27)18(26)13-28-21-23-22-19(25(21)2)10-14-6-4-3-5-7-14/h3-9,11H,10,12-13H2,1-2H3. The second kappa shape index (κ2) is 7.59. The van der Waals surface area contributed by atoms with Gasteiger partial charge >= 0.3 is 0 Å². The van der Waals surface area contributed by atoms with Crippen LogP contribution in [0, 0.1) is 0 Å². The number of nitrogens with zero attached hydrogens (tertiary/aromatic N) is 4. The Morgan fingerprint density at radius 2 is 1.89 bits per heavy atom. The van der Waals surface area contributed by atoms with Crippen molar-refractivity contribution in [1.82, 2.24) is 14.8 Å². The topological polar surface area (TPSA) is 68.1 Å². The van der Waals surface area contributed by atoms with Crippen LogP contribution < -0.4 is 4.90 Å². The van der Waals surface area contributed by atoms with Gasteiger partial charge in [0.15, 0.2) is 10.9 Å². The average Bonchev–Trinajstić information content (AvgIpc) is 3.19. The van der Waals surface area contributed by atoms with Crippen LogP contribution in [0.5, 0.6) is 0 Å². The molecule has 0 saturated heterocycles. The highest BCUT2D eigenvalue weighted by molar-refractivity contribution is 7.99. The molecule has 0 fully saturated rings. The monoisotopic (exact) mass is 392 g/mol. The number of benzene rings is 2. The normalized spacial score (nSPS) is 13.1. The highest BCUT2D eigenvalue weighted by Crippen LogP contribution is 2.29. The minimum absolute atomic E-state index is 0.0161. The molecule has 3 aromatic rings. The number of likely N-dealkylation sites (N-methyl/N-ethyl adjacent to an activating group) is 1. The van der Waals surface area contributed by atoms with Crippen LogP contribution in [-0.2, 0) is 24.7 Å². The van der Waals surface area contributed by atoms with Gasteiger partial charge in [-0.15, -0.1) is 10.2 Å². The molecule has 6 nitrogen and oxygen atoms in total. The molecule has 28 heavy (non-hydrogen) atoms. The minimum Gasteiger partial charge on any atom is -0.315 e. The second-order valence-electron chi connectivity index (χ2n) is 6.81. The van der Waals surface area contributed by atoms with Crippen molar-refractivity contribution < 1.29 is 9.59 Å². The molecule has 2 aromatic carbocycles. The summed E-state index contributed by atoms with van der Waals surface area (Å²) in [6, 6.07) is 15.6. The van der Waals surface area contributed by atoms with Crippen LogP contribution in [0.2, 0.25) is 0 Å². The van der Waals surface area contributed by atoms with Gasteiger partial charge < -0.3 is 9.47 Å². The lowest BCUT2D eigenvalue weighted by Gasteiger charge is -2.10. The smallest absolute Gasteiger partial charge is 0.231 e. The Morgan fingerprint density at radius 1 is 1.11 bits per heavy atom. The molecular formula is C21H20N4O2S. The van der Waals surface area contributed by atoms with Gasteiger partial charge in [0.1, 0.15) is 5.82 Å². The number of hydrogen-bond donors (Lipinski definition) is 0. The molecule has 7 heteroatoms. The van der Waals surface area contributed by atoms with Crippen molar-refractivity contribution in [2.75, 3.05) is 17.7 Å². The summed E-state index contributed by atoms with van der Waals surface area (Å²) in [5.74, 6) is 1.21. The van der Waals surface area contributed by atoms with Gasteiger partial charge in [-0.05, 0) is 29.3 Å². The molecule has 1 amide bonds. The van der Waals surface area contributed by atoms with Crippen molar-refractivity contribution in [1.29, 1.82) is 0 Å². The number of amides is 1. The Bertz CT molecular complexity index is 1050. The van der Waals surface area contributed by atoms with Crippen LogP contribution in [0.3, 0.4) is 0 Å². The van der Waals surface area contributed by atoms with E-state index in [-0.39, 0.29) is 17.4 Å². The quantitative estimate of drug-likeness (QED) is 0.477. The maximum absolute atomic E-state index is 12.6. The summed E-state index contributed by atoms with van der Waals surface area (Å²) < 4.78 is 1.93. The van der Waals surface area contributed by atoms with Gasteiger partial charge in [-0.3, -0.25) is 9.59 Å². The van der Waals surface area contributed by atoms with Crippen LogP contribution in [0.4, 0.5) is 5.69 Å². The molecule has 0 radical (unpaired) electrons. The predicted molar refractivity (Wildman–Crippen MR) is 109 cm³/mol. The molecule has 0 aliphatic carbocycles. The lowest BCUT2D eigenvalue weighted by molar-refractivity contribution is -0.117. The molecule has 4 rings (SSSR count). The number of fused-ring (bicyclic) bond motifs is 1. The number of carbonyl (C=O) groups is 2. The van der Waals surface area contributed by atoms with E-state index >= 15 is 0 Å². The van der Waals surface area contributed by atoms with Crippen LogP contribution >= 0.6 is 11.8 Å². The molecule has 1 aromatic heterocycles. The van der Waals surface area contributed by atoms with E-state index in [9.17, 15) is 9.59 Å². The molecule has 0 saturated carbocycles. The highest BCUT2D eigenvalue weighted by atomic mass is 32.2. The van der Waals surface area contributed by atoms with E-state index in [0.717, 1.165) is 22.2 Å². The zero-order valence-electron chi connectivity index (χ0n) is 15.8. The van der Waals surface area contributed by atoms with Gasteiger partial charge in [-0.1, -0.05) is 42.1 Å². The van der Waals surface area contributed by atoms with Crippen LogP contribution in [0.25, 0.3) is 0 Å². The van der Waals surface area contributed by atoms with Gasteiger partial charge in [0.05, 0.1) is 12.2 Å². The molecule has 1 aliphatic heterocycles. The van der Waals surface area contributed by atoms with E-state index in [2.05, 4.69) is 22.3 Å². The third-order valence-electron chi connectivity index (χ3n) is 4.94. The van der Waals surface area contributed by atoms with Gasteiger partial charge in [0.2, 0.25) is 5.91 Å². The molecule has 0 spiro atoms.